The van der Waals surface area contributed by atoms with Gasteiger partial charge in [-0.25, -0.2) is 4.39 Å². The quantitative estimate of drug-likeness (QED) is 0.752. The highest BCUT2D eigenvalue weighted by molar-refractivity contribution is 6.36. The predicted molar refractivity (Wildman–Crippen MR) is 97.1 cm³/mol. The van der Waals surface area contributed by atoms with Gasteiger partial charge in [0.1, 0.15) is 5.82 Å². The van der Waals surface area contributed by atoms with Crippen LogP contribution in [0.3, 0.4) is 0 Å². The Balaban J connectivity index is 2.28. The van der Waals surface area contributed by atoms with Crippen LogP contribution >= 0.6 is 23.2 Å². The predicted octanol–water partition coefficient (Wildman–Crippen LogP) is 3.06. The molecule has 2 N–H and O–H groups in total. The van der Waals surface area contributed by atoms with E-state index in [1.165, 1.54) is 24.3 Å². The zero-order valence-electron chi connectivity index (χ0n) is 13.5. The van der Waals surface area contributed by atoms with E-state index >= 15 is 0 Å². The molecule has 0 saturated carbocycles. The lowest BCUT2D eigenvalue weighted by atomic mass is 9.98. The third kappa shape index (κ3) is 5.81. The van der Waals surface area contributed by atoms with Crippen LogP contribution in [0.5, 0.6) is 0 Å². The number of halogens is 3. The van der Waals surface area contributed by atoms with Gasteiger partial charge in [0.05, 0.1) is 12.2 Å². The first-order valence-electron chi connectivity index (χ1n) is 7.75. The van der Waals surface area contributed by atoms with Crippen molar-refractivity contribution in [3.05, 3.63) is 63.9 Å². The van der Waals surface area contributed by atoms with Crippen LogP contribution in [0.1, 0.15) is 18.4 Å². The second-order valence-electron chi connectivity index (χ2n) is 5.75. The molecule has 26 heavy (non-hydrogen) atoms. The summed E-state index contributed by atoms with van der Waals surface area (Å²) >= 11 is 12.3. The van der Waals surface area contributed by atoms with E-state index in [9.17, 15) is 24.5 Å². The number of carboxylic acid groups (broad SMARTS) is 1. The molecule has 0 spiro atoms. The summed E-state index contributed by atoms with van der Waals surface area (Å²) < 4.78 is 13.2. The van der Waals surface area contributed by atoms with Crippen LogP contribution in [0.25, 0.3) is 17.2 Å². The van der Waals surface area contributed by atoms with Gasteiger partial charge in [-0.15, -0.1) is 0 Å². The molecule has 0 aromatic heterocycles. The van der Waals surface area contributed by atoms with Crippen LogP contribution in [0.4, 0.5) is 4.39 Å². The van der Waals surface area contributed by atoms with E-state index in [2.05, 4.69) is 0 Å². The minimum Gasteiger partial charge on any atom is -0.550 e. The number of benzene rings is 2. The molecule has 4 nitrogen and oxygen atoms in total. The lowest BCUT2D eigenvalue weighted by Gasteiger charge is -2.14. The lowest BCUT2D eigenvalue weighted by Crippen LogP contribution is -2.29. The number of carbonyl (C=O) groups excluding carboxylic acids is 1. The summed E-state index contributed by atoms with van der Waals surface area (Å²) in [5, 5.41) is 30.7. The molecular weight excluding hydrogens is 382 g/mol. The molecule has 2 rings (SSSR count). The Morgan fingerprint density at radius 3 is 2.46 bits per heavy atom. The number of aliphatic carboxylic acids is 1. The molecule has 0 bridgehead atoms. The average molecular weight is 398 g/mol. The number of aliphatic hydroxyl groups excluding tert-OH is 2. The fourth-order valence-corrected chi connectivity index (χ4v) is 3.02. The highest BCUT2D eigenvalue weighted by Gasteiger charge is 2.12. The zero-order chi connectivity index (χ0) is 19.3. The Hall–Kier alpha value is -1.92. The minimum absolute atomic E-state index is 0.165. The Labute approximate surface area is 160 Å². The maximum Gasteiger partial charge on any atom is 0.123 e. The second-order valence-corrected chi connectivity index (χ2v) is 6.59. The fraction of sp³-hybridized carbons (Fsp3) is 0.211. The molecule has 0 saturated heterocycles. The number of hydrogen-bond donors (Lipinski definition) is 2. The largest absolute Gasteiger partial charge is 0.550 e. The van der Waals surface area contributed by atoms with Gasteiger partial charge in [-0.05, 0) is 35.4 Å². The fourth-order valence-electron chi connectivity index (χ4n) is 2.46. The van der Waals surface area contributed by atoms with Crippen molar-refractivity contribution in [2.24, 2.45) is 0 Å². The summed E-state index contributed by atoms with van der Waals surface area (Å²) in [5.41, 5.74) is 1.87. The maximum absolute atomic E-state index is 13.2. The van der Waals surface area contributed by atoms with Gasteiger partial charge in [0.25, 0.3) is 0 Å². The van der Waals surface area contributed by atoms with E-state index in [1.54, 1.807) is 24.3 Å². The Kier molecular flexibility index (Phi) is 7.17. The average Bonchev–Trinajstić information content (AvgIpc) is 2.53. The molecule has 138 valence electrons. The highest BCUT2D eigenvalue weighted by atomic mass is 35.5. The summed E-state index contributed by atoms with van der Waals surface area (Å²) in [6.07, 6.45) is -0.0993. The molecule has 0 aliphatic rings. The van der Waals surface area contributed by atoms with Gasteiger partial charge in [-0.3, -0.25) is 0 Å². The smallest absolute Gasteiger partial charge is 0.123 e. The topological polar surface area (TPSA) is 80.6 Å². The number of rotatable bonds is 7. The Morgan fingerprint density at radius 1 is 1.19 bits per heavy atom. The van der Waals surface area contributed by atoms with Gasteiger partial charge in [-0.2, -0.15) is 0 Å². The zero-order valence-corrected chi connectivity index (χ0v) is 15.0. The SMILES string of the molecule is O=C([O-])C[C@H](O)C[C@H](O)/C=C/c1c(Cl)cc(Cl)cc1-c1ccc(F)cc1. The monoisotopic (exact) mass is 397 g/mol. The summed E-state index contributed by atoms with van der Waals surface area (Å²) in [6.45, 7) is 0. The van der Waals surface area contributed by atoms with E-state index in [4.69, 9.17) is 23.2 Å². The van der Waals surface area contributed by atoms with Crippen molar-refractivity contribution in [2.75, 3.05) is 0 Å². The molecule has 0 aliphatic carbocycles. The second kappa shape index (κ2) is 9.14. The Bertz CT molecular complexity index is 806. The van der Waals surface area contributed by atoms with Crippen LogP contribution in [0.15, 0.2) is 42.5 Å². The molecule has 0 unspecified atom stereocenters. The van der Waals surface area contributed by atoms with Gasteiger partial charge in [-0.1, -0.05) is 47.5 Å². The number of carbonyl (C=O) groups is 1. The van der Waals surface area contributed by atoms with Crippen molar-refractivity contribution in [3.63, 3.8) is 0 Å². The molecule has 2 aromatic rings. The summed E-state index contributed by atoms with van der Waals surface area (Å²) in [7, 11) is 0. The van der Waals surface area contributed by atoms with Crippen molar-refractivity contribution >= 4 is 35.2 Å². The standard InChI is InChI=1S/C19H17Cl2FO4/c20-12-7-17(11-1-3-13(22)4-2-11)16(18(21)8-12)6-5-14(23)9-15(24)10-19(25)26/h1-8,14-15,23-24H,9-10H2,(H,25,26)/p-1/b6-5+/t14-,15-/m1/s1. The van der Waals surface area contributed by atoms with Crippen molar-refractivity contribution in [2.45, 2.75) is 25.0 Å². The molecular formula is C19H16Cl2FO4-. The van der Waals surface area contributed by atoms with Crippen molar-refractivity contribution in [1.29, 1.82) is 0 Å². The van der Waals surface area contributed by atoms with Gasteiger partial charge >= 0.3 is 0 Å². The molecule has 0 heterocycles. The maximum atomic E-state index is 13.2. The first-order valence-corrected chi connectivity index (χ1v) is 8.51. The molecule has 0 radical (unpaired) electrons. The van der Waals surface area contributed by atoms with Gasteiger partial charge in [0, 0.05) is 34.4 Å². The van der Waals surface area contributed by atoms with Crippen LogP contribution in [-0.2, 0) is 4.79 Å². The van der Waals surface area contributed by atoms with Gasteiger partial charge < -0.3 is 20.1 Å². The lowest BCUT2D eigenvalue weighted by molar-refractivity contribution is -0.307. The Morgan fingerprint density at radius 2 is 1.85 bits per heavy atom. The molecule has 0 fully saturated rings. The van der Waals surface area contributed by atoms with Crippen molar-refractivity contribution in [3.8, 4) is 11.1 Å². The third-order valence-electron chi connectivity index (χ3n) is 3.65. The van der Waals surface area contributed by atoms with E-state index in [-0.39, 0.29) is 12.2 Å². The van der Waals surface area contributed by atoms with Crippen LogP contribution in [0, 0.1) is 5.82 Å². The molecule has 0 aliphatic heterocycles. The van der Waals surface area contributed by atoms with E-state index in [0.29, 0.717) is 26.7 Å². The number of aliphatic hydroxyl groups is 2. The van der Waals surface area contributed by atoms with Crippen LogP contribution < -0.4 is 5.11 Å². The number of hydrogen-bond acceptors (Lipinski definition) is 4. The van der Waals surface area contributed by atoms with Crippen molar-refractivity contribution < 1.29 is 24.5 Å². The van der Waals surface area contributed by atoms with E-state index in [1.807, 2.05) is 0 Å². The normalized spacial score (nSPS) is 13.7. The highest BCUT2D eigenvalue weighted by Crippen LogP contribution is 2.34. The first kappa shape index (κ1) is 20.4. The molecule has 7 heteroatoms. The third-order valence-corrected chi connectivity index (χ3v) is 4.18. The molecule has 0 amide bonds. The van der Waals surface area contributed by atoms with Crippen LogP contribution in [0.2, 0.25) is 10.0 Å². The minimum atomic E-state index is -1.40. The summed E-state index contributed by atoms with van der Waals surface area (Å²) in [6, 6.07) is 8.97. The number of carboxylic acids is 1. The van der Waals surface area contributed by atoms with E-state index < -0.39 is 24.6 Å². The molecule has 2 aromatic carbocycles. The van der Waals surface area contributed by atoms with Gasteiger partial charge in [0.15, 0.2) is 0 Å². The first-order chi connectivity index (χ1) is 12.3. The molecule has 2 atom stereocenters. The van der Waals surface area contributed by atoms with Crippen molar-refractivity contribution in [1.82, 2.24) is 0 Å². The van der Waals surface area contributed by atoms with Gasteiger partial charge in [0.2, 0.25) is 0 Å². The summed E-state index contributed by atoms with van der Waals surface area (Å²) in [5.74, 6) is -1.77. The van der Waals surface area contributed by atoms with Crippen LogP contribution in [-0.4, -0.2) is 28.4 Å². The summed E-state index contributed by atoms with van der Waals surface area (Å²) in [4.78, 5) is 10.4. The van der Waals surface area contributed by atoms with E-state index in [0.717, 1.165) is 0 Å².